The Hall–Kier alpha value is -2.28. The summed E-state index contributed by atoms with van der Waals surface area (Å²) < 4.78 is 5.24. The number of amidine groups is 1. The molecule has 2 unspecified atom stereocenters. The van der Waals surface area contributed by atoms with Crippen molar-refractivity contribution < 1.29 is 14.3 Å². The molecule has 0 aromatic carbocycles. The van der Waals surface area contributed by atoms with Crippen LogP contribution in [-0.2, 0) is 9.53 Å². The second-order valence-electron chi connectivity index (χ2n) is 6.07. The summed E-state index contributed by atoms with van der Waals surface area (Å²) >= 11 is 0. The fraction of sp³-hybridized carbons (Fsp3) is 0.500. The first kappa shape index (κ1) is 17.1. The number of carbonyl (C=O) groups excluding carboxylic acids is 2. The number of aromatic nitrogens is 1. The van der Waals surface area contributed by atoms with E-state index < -0.39 is 17.6 Å². The molecule has 0 saturated heterocycles. The minimum atomic E-state index is -0.876. The highest BCUT2D eigenvalue weighted by Crippen LogP contribution is 2.27. The molecule has 23 heavy (non-hydrogen) atoms. The maximum Gasteiger partial charge on any atom is 0.340 e. The number of nitrogens with zero attached hydrogens (tertiary/aromatic N) is 2. The Bertz CT molecular complexity index is 656. The van der Waals surface area contributed by atoms with Crippen molar-refractivity contribution >= 4 is 17.7 Å². The molecule has 2 heterocycles. The quantitative estimate of drug-likeness (QED) is 0.784. The Labute approximate surface area is 135 Å². The fourth-order valence-corrected chi connectivity index (χ4v) is 2.10. The second-order valence-corrected chi connectivity index (χ2v) is 6.07. The maximum atomic E-state index is 12.3. The third-order valence-electron chi connectivity index (χ3n) is 4.05. The van der Waals surface area contributed by atoms with Crippen LogP contribution in [0.3, 0.4) is 0 Å². The van der Waals surface area contributed by atoms with Crippen LogP contribution in [-0.4, -0.2) is 40.9 Å². The minimum absolute atomic E-state index is 0.0105. The van der Waals surface area contributed by atoms with Crippen molar-refractivity contribution in [1.29, 1.82) is 0 Å². The Kier molecular flexibility index (Phi) is 4.79. The van der Waals surface area contributed by atoms with Gasteiger partial charge in [0.2, 0.25) is 0 Å². The topological polar surface area (TPSA) is 107 Å². The molecule has 124 valence electrons. The van der Waals surface area contributed by atoms with Crippen molar-refractivity contribution in [2.24, 2.45) is 16.6 Å². The number of hydrogen-bond donors (Lipinski definition) is 2. The van der Waals surface area contributed by atoms with Gasteiger partial charge in [-0.25, -0.2) is 9.79 Å². The molecule has 3 N–H and O–H groups in total. The summed E-state index contributed by atoms with van der Waals surface area (Å²) in [5, 5.41) is 2.72. The van der Waals surface area contributed by atoms with Crippen LogP contribution in [0.1, 0.15) is 43.7 Å². The fourth-order valence-electron chi connectivity index (χ4n) is 2.10. The van der Waals surface area contributed by atoms with E-state index >= 15 is 0 Å². The first-order valence-electron chi connectivity index (χ1n) is 7.57. The molecule has 1 aromatic rings. The third-order valence-corrected chi connectivity index (χ3v) is 4.05. The van der Waals surface area contributed by atoms with Gasteiger partial charge in [-0.2, -0.15) is 0 Å². The Morgan fingerprint density at radius 1 is 1.43 bits per heavy atom. The second kappa shape index (κ2) is 6.45. The van der Waals surface area contributed by atoms with Crippen molar-refractivity contribution in [1.82, 2.24) is 10.3 Å². The zero-order chi connectivity index (χ0) is 17.2. The van der Waals surface area contributed by atoms with Gasteiger partial charge < -0.3 is 15.8 Å². The normalized spacial score (nSPS) is 21.8. The maximum absolute atomic E-state index is 12.3. The highest BCUT2D eigenvalue weighted by Gasteiger charge is 2.43. The summed E-state index contributed by atoms with van der Waals surface area (Å²) in [5.41, 5.74) is 5.15. The van der Waals surface area contributed by atoms with Gasteiger partial charge in [-0.1, -0.05) is 13.8 Å². The lowest BCUT2D eigenvalue weighted by Gasteiger charge is -2.21. The predicted octanol–water partition coefficient (Wildman–Crippen LogP) is 0.877. The molecule has 0 radical (unpaired) electrons. The van der Waals surface area contributed by atoms with E-state index in [-0.39, 0.29) is 23.9 Å². The number of nitrogens with two attached hydrogens (primary N) is 1. The molecular formula is C16H22N4O3. The van der Waals surface area contributed by atoms with Crippen LogP contribution < -0.4 is 11.1 Å². The SMILES string of the molecule is CC(CN)OC(=O)c1cccnc1C1=NC(C)(C(C)C)C(=O)N1. The lowest BCUT2D eigenvalue weighted by atomic mass is 9.89. The van der Waals surface area contributed by atoms with Gasteiger partial charge in [0.05, 0.1) is 5.56 Å². The van der Waals surface area contributed by atoms with E-state index in [1.54, 1.807) is 26.0 Å². The van der Waals surface area contributed by atoms with E-state index in [0.29, 0.717) is 11.5 Å². The highest BCUT2D eigenvalue weighted by atomic mass is 16.5. The van der Waals surface area contributed by atoms with E-state index in [2.05, 4.69) is 15.3 Å². The lowest BCUT2D eigenvalue weighted by Crippen LogP contribution is -2.41. The number of carbonyl (C=O) groups is 2. The minimum Gasteiger partial charge on any atom is -0.458 e. The Morgan fingerprint density at radius 2 is 2.13 bits per heavy atom. The van der Waals surface area contributed by atoms with Crippen molar-refractivity contribution in [2.75, 3.05) is 6.54 Å². The van der Waals surface area contributed by atoms with E-state index in [1.165, 1.54) is 6.20 Å². The number of ether oxygens (including phenoxy) is 1. The first-order chi connectivity index (χ1) is 10.8. The summed E-state index contributed by atoms with van der Waals surface area (Å²) in [7, 11) is 0. The summed E-state index contributed by atoms with van der Waals surface area (Å²) in [6, 6.07) is 3.22. The summed E-state index contributed by atoms with van der Waals surface area (Å²) in [6.45, 7) is 7.53. The molecule has 0 saturated carbocycles. The average Bonchev–Trinajstić information content (AvgIpc) is 2.84. The molecule has 2 atom stereocenters. The molecule has 0 aliphatic carbocycles. The number of rotatable bonds is 5. The lowest BCUT2D eigenvalue weighted by molar-refractivity contribution is -0.124. The number of esters is 1. The van der Waals surface area contributed by atoms with Crippen LogP contribution in [0.5, 0.6) is 0 Å². The van der Waals surface area contributed by atoms with Gasteiger partial charge in [-0.05, 0) is 31.9 Å². The van der Waals surface area contributed by atoms with Gasteiger partial charge in [0, 0.05) is 12.7 Å². The molecule has 0 bridgehead atoms. The molecule has 1 amide bonds. The molecule has 1 aromatic heterocycles. The number of hydrogen-bond acceptors (Lipinski definition) is 6. The van der Waals surface area contributed by atoms with Crippen LogP contribution in [0.25, 0.3) is 0 Å². The van der Waals surface area contributed by atoms with Crippen LogP contribution in [0, 0.1) is 5.92 Å². The van der Waals surface area contributed by atoms with Gasteiger partial charge in [0.1, 0.15) is 17.3 Å². The standard InChI is InChI=1S/C16H22N4O3/c1-9(2)16(4)15(22)19-13(20-16)12-11(6-5-7-18-12)14(21)23-10(3)8-17/h5-7,9-10H,8,17H2,1-4H3,(H,19,20,22). The van der Waals surface area contributed by atoms with E-state index in [9.17, 15) is 9.59 Å². The largest absolute Gasteiger partial charge is 0.458 e. The van der Waals surface area contributed by atoms with Crippen LogP contribution in [0.2, 0.25) is 0 Å². The van der Waals surface area contributed by atoms with Crippen molar-refractivity contribution in [3.05, 3.63) is 29.6 Å². The highest BCUT2D eigenvalue weighted by molar-refractivity contribution is 6.17. The van der Waals surface area contributed by atoms with E-state index in [1.807, 2.05) is 13.8 Å². The average molecular weight is 318 g/mol. The van der Waals surface area contributed by atoms with Gasteiger partial charge in [0.15, 0.2) is 5.84 Å². The zero-order valence-electron chi connectivity index (χ0n) is 13.8. The number of aliphatic imine (C=N–C) groups is 1. The van der Waals surface area contributed by atoms with Gasteiger partial charge in [0.25, 0.3) is 5.91 Å². The Morgan fingerprint density at radius 3 is 2.70 bits per heavy atom. The molecule has 1 aliphatic heterocycles. The number of nitrogens with one attached hydrogen (secondary N) is 1. The zero-order valence-corrected chi connectivity index (χ0v) is 13.8. The first-order valence-corrected chi connectivity index (χ1v) is 7.57. The molecular weight excluding hydrogens is 296 g/mol. The van der Waals surface area contributed by atoms with Gasteiger partial charge in [-0.3, -0.25) is 9.78 Å². The summed E-state index contributed by atoms with van der Waals surface area (Å²) in [4.78, 5) is 33.2. The van der Waals surface area contributed by atoms with Crippen LogP contribution in [0.15, 0.2) is 23.3 Å². The van der Waals surface area contributed by atoms with E-state index in [4.69, 9.17) is 10.5 Å². The molecule has 7 heteroatoms. The molecule has 7 nitrogen and oxygen atoms in total. The van der Waals surface area contributed by atoms with Crippen molar-refractivity contribution in [2.45, 2.75) is 39.3 Å². The number of pyridine rings is 1. The van der Waals surface area contributed by atoms with Gasteiger partial charge >= 0.3 is 5.97 Å². The van der Waals surface area contributed by atoms with Crippen LogP contribution in [0.4, 0.5) is 0 Å². The number of amides is 1. The molecule has 0 fully saturated rings. The monoisotopic (exact) mass is 318 g/mol. The summed E-state index contributed by atoms with van der Waals surface area (Å²) in [6.07, 6.45) is 1.13. The third kappa shape index (κ3) is 3.24. The molecule has 0 spiro atoms. The van der Waals surface area contributed by atoms with E-state index in [0.717, 1.165) is 0 Å². The Balaban J connectivity index is 2.39. The van der Waals surface area contributed by atoms with Crippen LogP contribution >= 0.6 is 0 Å². The molecule has 2 rings (SSSR count). The van der Waals surface area contributed by atoms with Crippen molar-refractivity contribution in [3.8, 4) is 0 Å². The summed E-state index contributed by atoms with van der Waals surface area (Å²) in [5.74, 6) is -0.445. The predicted molar refractivity (Wildman–Crippen MR) is 86.1 cm³/mol. The smallest absolute Gasteiger partial charge is 0.340 e. The van der Waals surface area contributed by atoms with Crippen molar-refractivity contribution in [3.63, 3.8) is 0 Å². The molecule has 1 aliphatic rings. The van der Waals surface area contributed by atoms with Gasteiger partial charge in [-0.15, -0.1) is 0 Å².